The molecular formula is C19H18N2O4S. The van der Waals surface area contributed by atoms with E-state index in [0.717, 1.165) is 23.1 Å². The highest BCUT2D eigenvalue weighted by Crippen LogP contribution is 2.39. The third-order valence-electron chi connectivity index (χ3n) is 4.03. The van der Waals surface area contributed by atoms with Crippen LogP contribution in [0.3, 0.4) is 0 Å². The van der Waals surface area contributed by atoms with Gasteiger partial charge in [-0.15, -0.1) is 0 Å². The molecular weight excluding hydrogens is 352 g/mol. The first-order valence-corrected chi connectivity index (χ1v) is 9.87. The normalized spacial score (nSPS) is 16.6. The molecule has 2 aromatic carbocycles. The Morgan fingerprint density at radius 1 is 1.15 bits per heavy atom. The van der Waals surface area contributed by atoms with Crippen molar-refractivity contribution in [1.29, 1.82) is 0 Å². The van der Waals surface area contributed by atoms with Gasteiger partial charge in [-0.3, -0.25) is 4.79 Å². The Morgan fingerprint density at radius 2 is 1.81 bits per heavy atom. The second-order valence-electron chi connectivity index (χ2n) is 6.02. The number of phenols is 1. The molecule has 1 amide bonds. The zero-order valence-corrected chi connectivity index (χ0v) is 15.0. The van der Waals surface area contributed by atoms with Crippen molar-refractivity contribution in [2.45, 2.75) is 12.5 Å². The van der Waals surface area contributed by atoms with Gasteiger partial charge in [-0.25, -0.2) is 13.1 Å². The minimum atomic E-state index is -3.25. The summed E-state index contributed by atoms with van der Waals surface area (Å²) in [6, 6.07) is 14.0. The van der Waals surface area contributed by atoms with Crippen molar-refractivity contribution in [2.75, 3.05) is 17.7 Å². The summed E-state index contributed by atoms with van der Waals surface area (Å²) in [4.78, 5) is 13.8. The lowest BCUT2D eigenvalue weighted by atomic mass is 9.93. The third kappa shape index (κ3) is 4.23. The molecule has 1 aliphatic rings. The maximum atomic E-state index is 12.1. The Bertz CT molecular complexity index is 971. The summed E-state index contributed by atoms with van der Waals surface area (Å²) >= 11 is 0. The molecule has 1 saturated heterocycles. The van der Waals surface area contributed by atoms with E-state index in [2.05, 4.69) is 16.6 Å². The van der Waals surface area contributed by atoms with Crippen LogP contribution in [0.5, 0.6) is 5.75 Å². The lowest BCUT2D eigenvalue weighted by Gasteiger charge is -2.40. The van der Waals surface area contributed by atoms with Crippen molar-refractivity contribution < 1.29 is 18.3 Å². The molecule has 2 N–H and O–H groups in total. The number of hydrogen-bond acceptors (Lipinski definition) is 4. The lowest BCUT2D eigenvalue weighted by Crippen LogP contribution is -2.46. The SMILES string of the molecule is CS(=O)(=O)NCC#Cc1ccc(N2C(=O)C[C@H]2c2ccc(O)cc2)cc1. The number of carbonyl (C=O) groups excluding carboxylic acids is 1. The number of amides is 1. The fourth-order valence-electron chi connectivity index (χ4n) is 2.72. The van der Waals surface area contributed by atoms with E-state index in [1.165, 1.54) is 0 Å². The average Bonchev–Trinajstić information content (AvgIpc) is 2.58. The molecule has 1 atom stereocenters. The van der Waals surface area contributed by atoms with Crippen molar-refractivity contribution in [2.24, 2.45) is 0 Å². The largest absolute Gasteiger partial charge is 0.508 e. The predicted molar refractivity (Wildman–Crippen MR) is 99.1 cm³/mol. The highest BCUT2D eigenvalue weighted by atomic mass is 32.2. The zero-order chi connectivity index (χ0) is 18.7. The van der Waals surface area contributed by atoms with Gasteiger partial charge >= 0.3 is 0 Å². The monoisotopic (exact) mass is 370 g/mol. The molecule has 0 bridgehead atoms. The Labute approximate surface area is 152 Å². The number of anilines is 1. The molecule has 0 radical (unpaired) electrons. The summed E-state index contributed by atoms with van der Waals surface area (Å²) < 4.78 is 24.2. The third-order valence-corrected chi connectivity index (χ3v) is 4.70. The fourth-order valence-corrected chi connectivity index (χ4v) is 3.06. The van der Waals surface area contributed by atoms with Gasteiger partial charge in [-0.1, -0.05) is 24.0 Å². The summed E-state index contributed by atoms with van der Waals surface area (Å²) in [6.07, 6.45) is 1.52. The van der Waals surface area contributed by atoms with E-state index in [0.29, 0.717) is 6.42 Å². The number of aromatic hydroxyl groups is 1. The number of β-lactam (4-membered cyclic amide) rings is 1. The van der Waals surface area contributed by atoms with Gasteiger partial charge in [0.2, 0.25) is 15.9 Å². The van der Waals surface area contributed by atoms with E-state index in [1.807, 2.05) is 24.3 Å². The maximum absolute atomic E-state index is 12.1. The van der Waals surface area contributed by atoms with Crippen LogP contribution in [-0.4, -0.2) is 32.2 Å². The predicted octanol–water partition coefficient (Wildman–Crippen LogP) is 1.77. The Morgan fingerprint density at radius 3 is 2.38 bits per heavy atom. The van der Waals surface area contributed by atoms with E-state index < -0.39 is 10.0 Å². The van der Waals surface area contributed by atoms with E-state index in [1.54, 1.807) is 29.2 Å². The maximum Gasteiger partial charge on any atom is 0.230 e. The molecule has 0 aliphatic carbocycles. The summed E-state index contributed by atoms with van der Waals surface area (Å²) in [5, 5.41) is 9.40. The van der Waals surface area contributed by atoms with Crippen LogP contribution in [0.25, 0.3) is 0 Å². The van der Waals surface area contributed by atoms with Crippen LogP contribution in [0.2, 0.25) is 0 Å². The molecule has 1 fully saturated rings. The van der Waals surface area contributed by atoms with Gasteiger partial charge in [0.25, 0.3) is 0 Å². The average molecular weight is 370 g/mol. The van der Waals surface area contributed by atoms with Crippen LogP contribution >= 0.6 is 0 Å². The summed E-state index contributed by atoms with van der Waals surface area (Å²) in [7, 11) is -3.25. The number of phenolic OH excluding ortho intramolecular Hbond substituents is 1. The van der Waals surface area contributed by atoms with Crippen molar-refractivity contribution in [3.8, 4) is 17.6 Å². The Hall–Kier alpha value is -2.82. The highest BCUT2D eigenvalue weighted by Gasteiger charge is 2.38. The summed E-state index contributed by atoms with van der Waals surface area (Å²) in [6.45, 7) is 0.0497. The van der Waals surface area contributed by atoms with Gasteiger partial charge in [0, 0.05) is 11.3 Å². The molecule has 0 saturated carbocycles. The molecule has 0 aromatic heterocycles. The van der Waals surface area contributed by atoms with Crippen LogP contribution in [0.15, 0.2) is 48.5 Å². The first-order chi connectivity index (χ1) is 12.3. The molecule has 6 nitrogen and oxygen atoms in total. The minimum absolute atomic E-state index is 0.0410. The molecule has 2 aromatic rings. The zero-order valence-electron chi connectivity index (χ0n) is 14.1. The van der Waals surface area contributed by atoms with Gasteiger partial charge in [0.05, 0.1) is 25.3 Å². The van der Waals surface area contributed by atoms with Gasteiger partial charge < -0.3 is 10.0 Å². The molecule has 134 valence electrons. The van der Waals surface area contributed by atoms with Gasteiger partial charge in [-0.05, 0) is 42.0 Å². The van der Waals surface area contributed by atoms with Crippen molar-refractivity contribution in [1.82, 2.24) is 4.72 Å². The van der Waals surface area contributed by atoms with Crippen LogP contribution in [0.1, 0.15) is 23.6 Å². The second-order valence-corrected chi connectivity index (χ2v) is 7.85. The first kappa shape index (κ1) is 18.0. The standard InChI is InChI=1S/C19H18N2O4S/c1-26(24,25)20-12-2-3-14-4-8-16(9-5-14)21-18(13-19(21)23)15-6-10-17(22)11-7-15/h4-11,18,20,22H,12-13H2,1H3/t18-/m0/s1. The number of nitrogens with one attached hydrogen (secondary N) is 1. The van der Waals surface area contributed by atoms with Crippen molar-refractivity contribution in [3.63, 3.8) is 0 Å². The number of carbonyl (C=O) groups is 1. The van der Waals surface area contributed by atoms with Gasteiger partial charge in [-0.2, -0.15) is 0 Å². The van der Waals surface area contributed by atoms with Crippen LogP contribution in [-0.2, 0) is 14.8 Å². The lowest BCUT2D eigenvalue weighted by molar-refractivity contribution is -0.124. The van der Waals surface area contributed by atoms with Gasteiger partial charge in [0.15, 0.2) is 0 Å². The molecule has 1 heterocycles. The second kappa shape index (κ2) is 7.20. The number of benzene rings is 2. The highest BCUT2D eigenvalue weighted by molar-refractivity contribution is 7.88. The number of rotatable bonds is 4. The minimum Gasteiger partial charge on any atom is -0.508 e. The summed E-state index contributed by atoms with van der Waals surface area (Å²) in [5.74, 6) is 5.85. The number of hydrogen-bond donors (Lipinski definition) is 2. The van der Waals surface area contributed by atoms with Gasteiger partial charge in [0.1, 0.15) is 5.75 Å². The molecule has 3 rings (SSSR count). The Balaban J connectivity index is 1.70. The van der Waals surface area contributed by atoms with Crippen LogP contribution in [0, 0.1) is 11.8 Å². The Kier molecular flexibility index (Phi) is 4.98. The fraction of sp³-hybridized carbons (Fsp3) is 0.211. The molecule has 0 unspecified atom stereocenters. The van der Waals surface area contributed by atoms with E-state index in [4.69, 9.17) is 0 Å². The molecule has 26 heavy (non-hydrogen) atoms. The van der Waals surface area contributed by atoms with E-state index in [9.17, 15) is 18.3 Å². The number of nitrogens with zero attached hydrogens (tertiary/aromatic N) is 1. The quantitative estimate of drug-likeness (QED) is 0.634. The first-order valence-electron chi connectivity index (χ1n) is 7.98. The molecule has 7 heteroatoms. The topological polar surface area (TPSA) is 86.7 Å². The smallest absolute Gasteiger partial charge is 0.230 e. The number of sulfonamides is 1. The molecule has 0 spiro atoms. The molecule has 1 aliphatic heterocycles. The van der Waals surface area contributed by atoms with Crippen LogP contribution < -0.4 is 9.62 Å². The summed E-state index contributed by atoms with van der Waals surface area (Å²) in [5.41, 5.74) is 2.48. The van der Waals surface area contributed by atoms with Crippen LogP contribution in [0.4, 0.5) is 5.69 Å². The van der Waals surface area contributed by atoms with Crippen molar-refractivity contribution >= 4 is 21.6 Å². The van der Waals surface area contributed by atoms with Crippen molar-refractivity contribution in [3.05, 3.63) is 59.7 Å². The van der Waals surface area contributed by atoms with E-state index in [-0.39, 0.29) is 24.2 Å². The van der Waals surface area contributed by atoms with E-state index >= 15 is 0 Å².